The number of hydrogen-bond donors (Lipinski definition) is 2. The van der Waals surface area contributed by atoms with Gasteiger partial charge in [0, 0.05) is 6.42 Å². The van der Waals surface area contributed by atoms with Crippen molar-refractivity contribution in [3.8, 4) is 0 Å². The Hall–Kier alpha value is -2.47. The maximum atomic E-state index is 11.1. The van der Waals surface area contributed by atoms with E-state index in [2.05, 4.69) is 21.4 Å². The molecule has 0 saturated heterocycles. The van der Waals surface area contributed by atoms with Gasteiger partial charge in [0.25, 0.3) is 0 Å². The maximum Gasteiger partial charge on any atom is 0.408 e. The van der Waals surface area contributed by atoms with Crippen molar-refractivity contribution in [3.63, 3.8) is 0 Å². The number of carbonyl (C=O) groups is 3. The fourth-order valence-corrected chi connectivity index (χ4v) is 0.991. The van der Waals surface area contributed by atoms with Gasteiger partial charge in [-0.05, 0) is 6.42 Å². The minimum absolute atomic E-state index is 0.0473. The fourth-order valence-electron chi connectivity index (χ4n) is 0.991. The molecule has 0 aliphatic heterocycles. The number of alkyl carbamates (subject to hydrolysis) is 1. The average Bonchev–Trinajstić information content (AvgIpc) is 2.31. The van der Waals surface area contributed by atoms with Crippen molar-refractivity contribution in [1.29, 1.82) is 0 Å². The molecule has 0 bridgehead atoms. The minimum Gasteiger partial charge on any atom is -0.480 e. The summed E-state index contributed by atoms with van der Waals surface area (Å²) in [5.74, 6) is -1.84. The number of carbonyl (C=O) groups excluding carboxylic acids is 2. The van der Waals surface area contributed by atoms with Crippen LogP contribution in [0, 0.1) is 0 Å². The number of nitrogens with zero attached hydrogens (tertiary/aromatic N) is 2. The number of ether oxygens (including phenoxy) is 1. The highest BCUT2D eigenvalue weighted by Gasteiger charge is 2.21. The van der Waals surface area contributed by atoms with Gasteiger partial charge in [-0.2, -0.15) is 4.79 Å². The van der Waals surface area contributed by atoms with E-state index in [0.29, 0.717) is 6.21 Å². The van der Waals surface area contributed by atoms with Crippen LogP contribution < -0.4 is 5.32 Å². The monoisotopic (exact) mass is 255 g/mol. The lowest BCUT2D eigenvalue weighted by molar-refractivity contribution is -0.139. The van der Waals surface area contributed by atoms with E-state index in [1.807, 2.05) is 0 Å². The number of amides is 1. The van der Waals surface area contributed by atoms with E-state index in [1.54, 1.807) is 0 Å². The van der Waals surface area contributed by atoms with Crippen LogP contribution in [-0.4, -0.2) is 46.6 Å². The zero-order valence-electron chi connectivity index (χ0n) is 9.54. The van der Waals surface area contributed by atoms with E-state index < -0.39 is 23.9 Å². The summed E-state index contributed by atoms with van der Waals surface area (Å²) in [5.41, 5.74) is 8.09. The van der Waals surface area contributed by atoms with Crippen molar-refractivity contribution < 1.29 is 29.0 Å². The molecule has 0 aliphatic rings. The number of carboxylic acid groups (broad SMARTS) is 1. The van der Waals surface area contributed by atoms with Crippen molar-refractivity contribution in [3.05, 3.63) is 18.2 Å². The highest BCUT2D eigenvalue weighted by molar-refractivity contribution is 6.25. The molecule has 98 valence electrons. The third kappa shape index (κ3) is 6.91. The molecule has 0 unspecified atom stereocenters. The largest absolute Gasteiger partial charge is 0.480 e. The van der Waals surface area contributed by atoms with Crippen LogP contribution in [0.25, 0.3) is 5.53 Å². The molecule has 1 amide bonds. The summed E-state index contributed by atoms with van der Waals surface area (Å²) >= 11 is 0. The molecule has 18 heavy (non-hydrogen) atoms. The molecule has 2 N–H and O–H groups in total. The smallest absolute Gasteiger partial charge is 0.408 e. The van der Waals surface area contributed by atoms with Crippen LogP contribution in [0.4, 0.5) is 4.79 Å². The highest BCUT2D eigenvalue weighted by atomic mass is 16.5. The number of aliphatic carboxylic acids is 1. The molecule has 1 atom stereocenters. The van der Waals surface area contributed by atoms with Crippen molar-refractivity contribution in [2.75, 3.05) is 6.61 Å². The molecule has 0 aromatic rings. The van der Waals surface area contributed by atoms with Crippen molar-refractivity contribution in [2.45, 2.75) is 18.9 Å². The van der Waals surface area contributed by atoms with Crippen LogP contribution in [0.15, 0.2) is 12.7 Å². The fraction of sp³-hybridized carbons (Fsp3) is 0.400. The summed E-state index contributed by atoms with van der Waals surface area (Å²) in [6.45, 7) is 3.28. The van der Waals surface area contributed by atoms with Crippen LogP contribution in [0.5, 0.6) is 0 Å². The predicted molar refractivity (Wildman–Crippen MR) is 60.0 cm³/mol. The normalized spacial score (nSPS) is 10.7. The summed E-state index contributed by atoms with van der Waals surface area (Å²) in [6, 6.07) is -1.25. The second kappa shape index (κ2) is 8.66. The molecule has 8 heteroatoms. The van der Waals surface area contributed by atoms with Gasteiger partial charge in [0.15, 0.2) is 0 Å². The Labute approximate surface area is 103 Å². The number of carboxylic acids is 1. The zero-order chi connectivity index (χ0) is 14.0. The van der Waals surface area contributed by atoms with Crippen LogP contribution >= 0.6 is 0 Å². The molecule has 0 radical (unpaired) electrons. The standard InChI is InChI=1S/C10H13N3O5/c1-2-5-18-10(17)13-8(9(15)16)4-3-7(14)6-12-11/h2,6,8H,1,3-5H2,(H,13,17)(H,15,16)/t8-/m0/s1. The van der Waals surface area contributed by atoms with Gasteiger partial charge in [0.1, 0.15) is 12.6 Å². The third-order valence-corrected chi connectivity index (χ3v) is 1.80. The Morgan fingerprint density at radius 1 is 1.50 bits per heavy atom. The molecular weight excluding hydrogens is 242 g/mol. The molecule has 0 aromatic heterocycles. The summed E-state index contributed by atoms with van der Waals surface area (Å²) in [7, 11) is 0. The van der Waals surface area contributed by atoms with Gasteiger partial charge in [-0.3, -0.25) is 4.79 Å². The average molecular weight is 255 g/mol. The van der Waals surface area contributed by atoms with Gasteiger partial charge < -0.3 is 20.7 Å². The molecule has 0 rings (SSSR count). The first-order valence-corrected chi connectivity index (χ1v) is 4.98. The Bertz CT molecular complexity index is 387. The maximum absolute atomic E-state index is 11.1. The van der Waals surface area contributed by atoms with Crippen LogP contribution in [0.3, 0.4) is 0 Å². The molecular formula is C10H13N3O5. The van der Waals surface area contributed by atoms with E-state index in [9.17, 15) is 14.4 Å². The van der Waals surface area contributed by atoms with Crippen molar-refractivity contribution in [1.82, 2.24) is 5.32 Å². The lowest BCUT2D eigenvalue weighted by atomic mass is 10.1. The summed E-state index contributed by atoms with van der Waals surface area (Å²) in [6.07, 6.45) is 0.767. The SMILES string of the molecule is C=CCOC(=O)N[C@@H](CCC(=O)C=[N+]=[N-])C(=O)O. The number of rotatable bonds is 8. The van der Waals surface area contributed by atoms with E-state index in [4.69, 9.17) is 10.6 Å². The molecule has 0 heterocycles. The number of hydrogen-bond acceptors (Lipinski definition) is 4. The van der Waals surface area contributed by atoms with Crippen molar-refractivity contribution in [2.24, 2.45) is 0 Å². The van der Waals surface area contributed by atoms with E-state index >= 15 is 0 Å². The minimum atomic E-state index is -1.29. The number of nitrogens with one attached hydrogen (secondary N) is 1. The van der Waals surface area contributed by atoms with E-state index in [0.717, 1.165) is 0 Å². The predicted octanol–water partition coefficient (Wildman–Crippen LogP) is 0.00170. The first-order valence-electron chi connectivity index (χ1n) is 4.98. The molecule has 0 saturated carbocycles. The van der Waals surface area contributed by atoms with Crippen LogP contribution in [0.2, 0.25) is 0 Å². The highest BCUT2D eigenvalue weighted by Crippen LogP contribution is 1.99. The first kappa shape index (κ1) is 15.5. The van der Waals surface area contributed by atoms with Gasteiger partial charge in [-0.15, -0.1) is 0 Å². The van der Waals surface area contributed by atoms with Crippen LogP contribution in [-0.2, 0) is 14.3 Å². The molecule has 0 aliphatic carbocycles. The summed E-state index contributed by atoms with van der Waals surface area (Å²) < 4.78 is 4.54. The quantitative estimate of drug-likeness (QED) is 0.273. The molecule has 0 fully saturated rings. The van der Waals surface area contributed by atoms with Crippen LogP contribution in [0.1, 0.15) is 12.8 Å². The summed E-state index contributed by atoms with van der Waals surface area (Å²) in [4.78, 5) is 35.4. The van der Waals surface area contributed by atoms with Crippen molar-refractivity contribution >= 4 is 24.1 Å². The van der Waals surface area contributed by atoms with Gasteiger partial charge in [0.05, 0.1) is 0 Å². The Kier molecular flexibility index (Phi) is 7.47. The number of ketones is 1. The Morgan fingerprint density at radius 3 is 2.67 bits per heavy atom. The topological polar surface area (TPSA) is 129 Å². The van der Waals surface area contributed by atoms with E-state index in [-0.39, 0.29) is 19.4 Å². The third-order valence-electron chi connectivity index (χ3n) is 1.80. The number of Topliss-reactive ketones (excluding diaryl/α,β-unsaturated/α-hetero) is 1. The van der Waals surface area contributed by atoms with Gasteiger partial charge in [-0.1, -0.05) is 12.7 Å². The molecule has 8 nitrogen and oxygen atoms in total. The molecule has 0 aromatic carbocycles. The van der Waals surface area contributed by atoms with Gasteiger partial charge >= 0.3 is 18.3 Å². The van der Waals surface area contributed by atoms with E-state index in [1.165, 1.54) is 6.08 Å². The first-order chi connectivity index (χ1) is 8.51. The second-order valence-electron chi connectivity index (χ2n) is 3.17. The Balaban J connectivity index is 4.27. The Morgan fingerprint density at radius 2 is 2.17 bits per heavy atom. The van der Waals surface area contributed by atoms with Gasteiger partial charge in [-0.25, -0.2) is 9.59 Å². The lowest BCUT2D eigenvalue weighted by Crippen LogP contribution is -2.41. The summed E-state index contributed by atoms with van der Waals surface area (Å²) in [5, 5.41) is 10.9. The molecule has 0 spiro atoms. The second-order valence-corrected chi connectivity index (χ2v) is 3.17. The van der Waals surface area contributed by atoms with Gasteiger partial charge in [0.2, 0.25) is 5.78 Å². The lowest BCUT2D eigenvalue weighted by Gasteiger charge is -2.12. The zero-order valence-corrected chi connectivity index (χ0v) is 9.54.